The monoisotopic (exact) mass is 205 g/mol. The Morgan fingerprint density at radius 3 is 2.57 bits per heavy atom. The standard InChI is InChI=1S/C11H15NOSi/c1-9-7-10(11(13)8-12-9)5-6-14(2,3)4/h7-8,13H,1-4H3. The van der Waals surface area contributed by atoms with Crippen molar-refractivity contribution in [1.29, 1.82) is 0 Å². The zero-order chi connectivity index (χ0) is 10.8. The van der Waals surface area contributed by atoms with Crippen LogP contribution in [0, 0.1) is 18.4 Å². The van der Waals surface area contributed by atoms with Crippen molar-refractivity contribution in [3.8, 4) is 17.2 Å². The van der Waals surface area contributed by atoms with Gasteiger partial charge in [-0.25, -0.2) is 0 Å². The Hall–Kier alpha value is -1.27. The van der Waals surface area contributed by atoms with E-state index >= 15 is 0 Å². The third-order valence-electron chi connectivity index (χ3n) is 1.59. The Balaban J connectivity index is 3.06. The van der Waals surface area contributed by atoms with Crippen molar-refractivity contribution in [3.63, 3.8) is 0 Å². The number of aryl methyl sites for hydroxylation is 1. The summed E-state index contributed by atoms with van der Waals surface area (Å²) < 4.78 is 0. The van der Waals surface area contributed by atoms with Crippen LogP contribution < -0.4 is 0 Å². The number of hydrogen-bond donors (Lipinski definition) is 1. The smallest absolute Gasteiger partial charge is 0.149 e. The second kappa shape index (κ2) is 3.85. The van der Waals surface area contributed by atoms with Gasteiger partial charge < -0.3 is 5.11 Å². The number of rotatable bonds is 0. The van der Waals surface area contributed by atoms with E-state index in [9.17, 15) is 5.11 Å². The molecule has 0 bridgehead atoms. The molecular weight excluding hydrogens is 190 g/mol. The predicted octanol–water partition coefficient (Wildman–Crippen LogP) is 2.32. The molecule has 1 N–H and O–H groups in total. The van der Waals surface area contributed by atoms with E-state index in [1.807, 2.05) is 13.0 Å². The lowest BCUT2D eigenvalue weighted by molar-refractivity contribution is 0.470. The van der Waals surface area contributed by atoms with Gasteiger partial charge in [-0.3, -0.25) is 4.98 Å². The first-order valence-electron chi connectivity index (χ1n) is 4.57. The van der Waals surface area contributed by atoms with Gasteiger partial charge in [0.25, 0.3) is 0 Å². The lowest BCUT2D eigenvalue weighted by atomic mass is 10.2. The maximum absolute atomic E-state index is 9.48. The van der Waals surface area contributed by atoms with Crippen LogP contribution in [0.3, 0.4) is 0 Å². The first kappa shape index (κ1) is 10.8. The van der Waals surface area contributed by atoms with Crippen LogP contribution in [0.5, 0.6) is 5.75 Å². The molecule has 0 atom stereocenters. The maximum atomic E-state index is 9.48. The molecule has 3 heteroatoms. The Kier molecular flexibility index (Phi) is 2.97. The van der Waals surface area contributed by atoms with Crippen molar-refractivity contribution in [2.45, 2.75) is 26.6 Å². The van der Waals surface area contributed by atoms with E-state index in [1.54, 1.807) is 0 Å². The summed E-state index contributed by atoms with van der Waals surface area (Å²) in [7, 11) is -1.37. The number of aromatic nitrogens is 1. The molecule has 0 saturated heterocycles. The van der Waals surface area contributed by atoms with E-state index < -0.39 is 8.07 Å². The molecule has 1 rings (SSSR count). The van der Waals surface area contributed by atoms with Gasteiger partial charge in [0, 0.05) is 5.69 Å². The second-order valence-electron chi connectivity index (χ2n) is 4.34. The molecule has 0 unspecified atom stereocenters. The summed E-state index contributed by atoms with van der Waals surface area (Å²) in [5.74, 6) is 3.18. The van der Waals surface area contributed by atoms with E-state index in [1.165, 1.54) is 6.20 Å². The quantitative estimate of drug-likeness (QED) is 0.521. The Morgan fingerprint density at radius 1 is 1.36 bits per heavy atom. The number of hydrogen-bond acceptors (Lipinski definition) is 2. The molecule has 0 aliphatic carbocycles. The molecular formula is C11H15NOSi. The van der Waals surface area contributed by atoms with Crippen LogP contribution in [0.1, 0.15) is 11.3 Å². The average Bonchev–Trinajstić information content (AvgIpc) is 2.05. The molecule has 0 aromatic carbocycles. The van der Waals surface area contributed by atoms with Gasteiger partial charge in [-0.2, -0.15) is 0 Å². The molecule has 0 amide bonds. The van der Waals surface area contributed by atoms with Crippen LogP contribution in [-0.2, 0) is 0 Å². The lowest BCUT2D eigenvalue weighted by Gasteiger charge is -2.04. The number of pyridine rings is 1. The molecule has 1 heterocycles. The summed E-state index contributed by atoms with van der Waals surface area (Å²) in [5.41, 5.74) is 4.77. The minimum atomic E-state index is -1.37. The van der Waals surface area contributed by atoms with Crippen LogP contribution in [0.4, 0.5) is 0 Å². The molecule has 0 saturated carbocycles. The molecule has 0 fully saturated rings. The predicted molar refractivity (Wildman–Crippen MR) is 60.9 cm³/mol. The zero-order valence-electron chi connectivity index (χ0n) is 9.05. The Labute approximate surface area is 86.0 Å². The van der Waals surface area contributed by atoms with E-state index in [-0.39, 0.29) is 5.75 Å². The second-order valence-corrected chi connectivity index (χ2v) is 9.09. The van der Waals surface area contributed by atoms with Gasteiger partial charge in [0.1, 0.15) is 13.8 Å². The first-order valence-corrected chi connectivity index (χ1v) is 8.07. The minimum Gasteiger partial charge on any atom is -0.505 e. The summed E-state index contributed by atoms with van der Waals surface area (Å²) in [4.78, 5) is 3.98. The van der Waals surface area contributed by atoms with Crippen LogP contribution in [0.15, 0.2) is 12.3 Å². The van der Waals surface area contributed by atoms with Gasteiger partial charge in [-0.1, -0.05) is 25.6 Å². The maximum Gasteiger partial charge on any atom is 0.149 e. The molecule has 0 spiro atoms. The lowest BCUT2D eigenvalue weighted by Crippen LogP contribution is -2.16. The van der Waals surface area contributed by atoms with Crippen molar-refractivity contribution in [2.24, 2.45) is 0 Å². The van der Waals surface area contributed by atoms with Crippen LogP contribution in [0.25, 0.3) is 0 Å². The highest BCUT2D eigenvalue weighted by molar-refractivity contribution is 6.83. The van der Waals surface area contributed by atoms with Crippen molar-refractivity contribution >= 4 is 8.07 Å². The zero-order valence-corrected chi connectivity index (χ0v) is 10.0. The van der Waals surface area contributed by atoms with Crippen LogP contribution >= 0.6 is 0 Å². The SMILES string of the molecule is Cc1cc(C#C[Si](C)(C)C)c(O)cn1. The summed E-state index contributed by atoms with van der Waals surface area (Å²) >= 11 is 0. The Morgan fingerprint density at radius 2 is 2.00 bits per heavy atom. The van der Waals surface area contributed by atoms with Crippen LogP contribution in [0.2, 0.25) is 19.6 Å². The third-order valence-corrected chi connectivity index (χ3v) is 2.47. The largest absolute Gasteiger partial charge is 0.505 e. The summed E-state index contributed by atoms with van der Waals surface area (Å²) in [5, 5.41) is 9.48. The average molecular weight is 205 g/mol. The molecule has 2 nitrogen and oxygen atoms in total. The summed E-state index contributed by atoms with van der Waals surface area (Å²) in [6, 6.07) is 1.81. The molecule has 74 valence electrons. The van der Waals surface area contributed by atoms with Gasteiger partial charge in [0.05, 0.1) is 11.8 Å². The van der Waals surface area contributed by atoms with Crippen molar-refractivity contribution in [3.05, 3.63) is 23.5 Å². The highest BCUT2D eigenvalue weighted by Crippen LogP contribution is 2.14. The number of nitrogens with zero attached hydrogens (tertiary/aromatic N) is 1. The first-order chi connectivity index (χ1) is 6.38. The van der Waals surface area contributed by atoms with Crippen LogP contribution in [-0.4, -0.2) is 18.2 Å². The fourth-order valence-electron chi connectivity index (χ4n) is 0.908. The summed E-state index contributed by atoms with van der Waals surface area (Å²) in [6.45, 7) is 8.40. The van der Waals surface area contributed by atoms with Gasteiger partial charge in [0.2, 0.25) is 0 Å². The van der Waals surface area contributed by atoms with E-state index in [0.29, 0.717) is 5.56 Å². The molecule has 1 aromatic rings. The van der Waals surface area contributed by atoms with Gasteiger partial charge in [-0.05, 0) is 13.0 Å². The molecule has 0 aliphatic rings. The highest BCUT2D eigenvalue weighted by Gasteiger charge is 2.08. The molecule has 0 radical (unpaired) electrons. The highest BCUT2D eigenvalue weighted by atomic mass is 28.3. The normalized spacial score (nSPS) is 10.6. The molecule has 1 aromatic heterocycles. The third kappa shape index (κ3) is 3.23. The topological polar surface area (TPSA) is 33.1 Å². The van der Waals surface area contributed by atoms with Crippen molar-refractivity contribution in [1.82, 2.24) is 4.98 Å². The number of aromatic hydroxyl groups is 1. The molecule has 0 aliphatic heterocycles. The van der Waals surface area contributed by atoms with Crippen molar-refractivity contribution in [2.75, 3.05) is 0 Å². The van der Waals surface area contributed by atoms with Crippen molar-refractivity contribution < 1.29 is 5.11 Å². The van der Waals surface area contributed by atoms with Gasteiger partial charge >= 0.3 is 0 Å². The minimum absolute atomic E-state index is 0.168. The Bertz CT molecular complexity index is 396. The van der Waals surface area contributed by atoms with E-state index in [4.69, 9.17) is 0 Å². The fraction of sp³-hybridized carbons (Fsp3) is 0.364. The van der Waals surface area contributed by atoms with Gasteiger partial charge in [0.15, 0.2) is 0 Å². The fourth-order valence-corrected chi connectivity index (χ4v) is 1.42. The molecule has 14 heavy (non-hydrogen) atoms. The van der Waals surface area contributed by atoms with E-state index in [2.05, 4.69) is 36.1 Å². The summed E-state index contributed by atoms with van der Waals surface area (Å²) in [6.07, 6.45) is 1.45. The van der Waals surface area contributed by atoms with Gasteiger partial charge in [-0.15, -0.1) is 5.54 Å². The van der Waals surface area contributed by atoms with E-state index in [0.717, 1.165) is 5.69 Å².